The molecule has 1 aromatic rings. The van der Waals surface area contributed by atoms with E-state index in [2.05, 4.69) is 0 Å². The van der Waals surface area contributed by atoms with E-state index < -0.39 is 0 Å². The lowest BCUT2D eigenvalue weighted by Gasteiger charge is -2.05. The van der Waals surface area contributed by atoms with Gasteiger partial charge in [0, 0.05) is 5.92 Å². The number of hydrogen-bond donors (Lipinski definition) is 1. The molecule has 3 nitrogen and oxygen atoms in total. The van der Waals surface area contributed by atoms with Crippen LogP contribution < -0.4 is 5.73 Å². The monoisotopic (exact) mass is 167 g/mol. The standard InChI is InChI=1S/C9H13NO2/c1-7(2-4-10)9(11)8-3-5-12-6-8/h3,5-7H,2,4,10H2,1H3. The third kappa shape index (κ3) is 1.95. The number of carbonyl (C=O) groups is 1. The van der Waals surface area contributed by atoms with Gasteiger partial charge in [-0.2, -0.15) is 0 Å². The van der Waals surface area contributed by atoms with Crippen molar-refractivity contribution in [3.8, 4) is 0 Å². The molecule has 1 rings (SSSR count). The number of nitrogens with two attached hydrogens (primary N) is 1. The van der Waals surface area contributed by atoms with Crippen LogP contribution in [0.15, 0.2) is 23.0 Å². The van der Waals surface area contributed by atoms with Gasteiger partial charge in [-0.3, -0.25) is 4.79 Å². The highest BCUT2D eigenvalue weighted by molar-refractivity contribution is 5.97. The van der Waals surface area contributed by atoms with Crippen LogP contribution in [-0.4, -0.2) is 12.3 Å². The molecule has 0 aromatic carbocycles. The van der Waals surface area contributed by atoms with Crippen molar-refractivity contribution in [3.63, 3.8) is 0 Å². The van der Waals surface area contributed by atoms with E-state index in [-0.39, 0.29) is 11.7 Å². The molecule has 0 saturated heterocycles. The van der Waals surface area contributed by atoms with E-state index in [1.165, 1.54) is 12.5 Å². The maximum Gasteiger partial charge on any atom is 0.168 e. The highest BCUT2D eigenvalue weighted by Crippen LogP contribution is 2.11. The van der Waals surface area contributed by atoms with Gasteiger partial charge in [0.15, 0.2) is 5.78 Å². The third-order valence-corrected chi connectivity index (χ3v) is 1.85. The van der Waals surface area contributed by atoms with Crippen molar-refractivity contribution >= 4 is 5.78 Å². The Bertz CT molecular complexity index is 241. The molecule has 0 aliphatic rings. The second kappa shape index (κ2) is 4.07. The molecular weight excluding hydrogens is 154 g/mol. The molecule has 12 heavy (non-hydrogen) atoms. The number of hydrogen-bond acceptors (Lipinski definition) is 3. The van der Waals surface area contributed by atoms with Crippen molar-refractivity contribution in [2.75, 3.05) is 6.54 Å². The van der Waals surface area contributed by atoms with Gasteiger partial charge < -0.3 is 10.2 Å². The maximum absolute atomic E-state index is 11.5. The number of Topliss-reactive ketones (excluding diaryl/α,β-unsaturated/α-hetero) is 1. The molecule has 0 spiro atoms. The predicted molar refractivity (Wildman–Crippen MR) is 45.9 cm³/mol. The Morgan fingerprint density at radius 1 is 1.75 bits per heavy atom. The number of furan rings is 1. The van der Waals surface area contributed by atoms with Crippen LogP contribution in [-0.2, 0) is 0 Å². The predicted octanol–water partition coefficient (Wildman–Crippen LogP) is 1.45. The van der Waals surface area contributed by atoms with Crippen LogP contribution in [0, 0.1) is 5.92 Å². The zero-order valence-corrected chi connectivity index (χ0v) is 7.12. The first kappa shape index (κ1) is 9.00. The van der Waals surface area contributed by atoms with Crippen molar-refractivity contribution in [3.05, 3.63) is 24.2 Å². The second-order valence-corrected chi connectivity index (χ2v) is 2.85. The Morgan fingerprint density at radius 2 is 2.50 bits per heavy atom. The lowest BCUT2D eigenvalue weighted by molar-refractivity contribution is 0.0925. The maximum atomic E-state index is 11.5. The first-order valence-corrected chi connectivity index (χ1v) is 4.02. The summed E-state index contributed by atoms with van der Waals surface area (Å²) in [5.41, 5.74) is 5.98. The summed E-state index contributed by atoms with van der Waals surface area (Å²) in [4.78, 5) is 11.5. The number of carbonyl (C=O) groups excluding carboxylic acids is 1. The van der Waals surface area contributed by atoms with Crippen LogP contribution in [0.3, 0.4) is 0 Å². The van der Waals surface area contributed by atoms with E-state index in [9.17, 15) is 4.79 Å². The summed E-state index contributed by atoms with van der Waals surface area (Å²) in [6.45, 7) is 2.42. The summed E-state index contributed by atoms with van der Waals surface area (Å²) >= 11 is 0. The molecule has 1 heterocycles. The Balaban J connectivity index is 2.59. The van der Waals surface area contributed by atoms with Crippen LogP contribution in [0.4, 0.5) is 0 Å². The van der Waals surface area contributed by atoms with E-state index in [1.807, 2.05) is 6.92 Å². The van der Waals surface area contributed by atoms with E-state index in [4.69, 9.17) is 10.2 Å². The van der Waals surface area contributed by atoms with E-state index in [0.29, 0.717) is 12.1 Å². The molecule has 66 valence electrons. The van der Waals surface area contributed by atoms with Gasteiger partial charge in [-0.1, -0.05) is 6.92 Å². The molecule has 0 aliphatic carbocycles. The van der Waals surface area contributed by atoms with Crippen molar-refractivity contribution in [2.24, 2.45) is 11.7 Å². The molecule has 1 unspecified atom stereocenters. The van der Waals surface area contributed by atoms with E-state index >= 15 is 0 Å². The summed E-state index contributed by atoms with van der Waals surface area (Å²) in [6, 6.07) is 1.68. The van der Waals surface area contributed by atoms with Crippen molar-refractivity contribution < 1.29 is 9.21 Å². The Kier molecular flexibility index (Phi) is 3.05. The molecule has 0 saturated carbocycles. The van der Waals surface area contributed by atoms with Crippen LogP contribution in [0.2, 0.25) is 0 Å². The summed E-state index contributed by atoms with van der Waals surface area (Å²) in [6.07, 6.45) is 3.70. The topological polar surface area (TPSA) is 56.2 Å². The highest BCUT2D eigenvalue weighted by atomic mass is 16.3. The average molecular weight is 167 g/mol. The fraction of sp³-hybridized carbons (Fsp3) is 0.444. The van der Waals surface area contributed by atoms with Gasteiger partial charge in [0.1, 0.15) is 6.26 Å². The first-order chi connectivity index (χ1) is 5.75. The number of rotatable bonds is 4. The van der Waals surface area contributed by atoms with Crippen LogP contribution in [0.1, 0.15) is 23.7 Å². The molecule has 1 atom stereocenters. The summed E-state index contributed by atoms with van der Waals surface area (Å²) in [5, 5.41) is 0. The Morgan fingerprint density at radius 3 is 3.00 bits per heavy atom. The summed E-state index contributed by atoms with van der Waals surface area (Å²) in [7, 11) is 0. The van der Waals surface area contributed by atoms with Crippen molar-refractivity contribution in [1.82, 2.24) is 0 Å². The van der Waals surface area contributed by atoms with Gasteiger partial charge >= 0.3 is 0 Å². The van der Waals surface area contributed by atoms with Crippen LogP contribution in [0.25, 0.3) is 0 Å². The Labute approximate surface area is 71.6 Å². The first-order valence-electron chi connectivity index (χ1n) is 4.02. The number of ketones is 1. The zero-order valence-electron chi connectivity index (χ0n) is 7.12. The van der Waals surface area contributed by atoms with Gasteiger partial charge in [-0.05, 0) is 19.0 Å². The van der Waals surface area contributed by atoms with Gasteiger partial charge in [0.25, 0.3) is 0 Å². The van der Waals surface area contributed by atoms with Gasteiger partial charge in [-0.25, -0.2) is 0 Å². The SMILES string of the molecule is CC(CCN)C(=O)c1ccoc1. The van der Waals surface area contributed by atoms with Crippen LogP contribution in [0.5, 0.6) is 0 Å². The molecule has 2 N–H and O–H groups in total. The lowest BCUT2D eigenvalue weighted by atomic mass is 9.99. The highest BCUT2D eigenvalue weighted by Gasteiger charge is 2.14. The molecule has 0 radical (unpaired) electrons. The van der Waals surface area contributed by atoms with Gasteiger partial charge in [0.2, 0.25) is 0 Å². The minimum atomic E-state index is -0.00685. The smallest absolute Gasteiger partial charge is 0.168 e. The van der Waals surface area contributed by atoms with Crippen molar-refractivity contribution in [1.29, 1.82) is 0 Å². The molecule has 0 bridgehead atoms. The largest absolute Gasteiger partial charge is 0.472 e. The minimum absolute atomic E-state index is 0.00685. The van der Waals surface area contributed by atoms with Gasteiger partial charge in [-0.15, -0.1) is 0 Å². The van der Waals surface area contributed by atoms with E-state index in [0.717, 1.165) is 6.42 Å². The summed E-state index contributed by atoms with van der Waals surface area (Å²) in [5.74, 6) is 0.0989. The molecular formula is C9H13NO2. The fourth-order valence-corrected chi connectivity index (χ4v) is 1.07. The quantitative estimate of drug-likeness (QED) is 0.690. The molecule has 0 aliphatic heterocycles. The van der Waals surface area contributed by atoms with E-state index in [1.54, 1.807) is 6.07 Å². The second-order valence-electron chi connectivity index (χ2n) is 2.85. The van der Waals surface area contributed by atoms with Crippen LogP contribution >= 0.6 is 0 Å². The molecule has 0 fully saturated rings. The zero-order chi connectivity index (χ0) is 8.97. The molecule has 1 aromatic heterocycles. The third-order valence-electron chi connectivity index (χ3n) is 1.85. The summed E-state index contributed by atoms with van der Waals surface area (Å²) < 4.78 is 4.81. The van der Waals surface area contributed by atoms with Crippen molar-refractivity contribution in [2.45, 2.75) is 13.3 Å². The fourth-order valence-electron chi connectivity index (χ4n) is 1.07. The molecule has 0 amide bonds. The lowest BCUT2D eigenvalue weighted by Crippen LogP contribution is -2.14. The normalized spacial score (nSPS) is 12.8. The van der Waals surface area contributed by atoms with Gasteiger partial charge in [0.05, 0.1) is 11.8 Å². The molecule has 3 heteroatoms. The minimum Gasteiger partial charge on any atom is -0.472 e. The average Bonchev–Trinajstić information content (AvgIpc) is 2.55. The Hall–Kier alpha value is -1.09.